The number of hydrogen-bond donors (Lipinski definition) is 3. The van der Waals surface area contributed by atoms with E-state index in [2.05, 4.69) is 58.7 Å². The van der Waals surface area contributed by atoms with Gasteiger partial charge in [-0.1, -0.05) is 20.8 Å². The van der Waals surface area contributed by atoms with Crippen molar-refractivity contribution in [1.29, 1.82) is 0 Å². The number of hydrogen-bond acceptors (Lipinski definition) is 4. The fraction of sp³-hybridized carbons (Fsp3) is 1.00. The molecule has 0 aromatic heterocycles. The second-order valence-corrected chi connectivity index (χ2v) is 6.11. The van der Waals surface area contributed by atoms with Crippen molar-refractivity contribution in [2.75, 3.05) is 0 Å². The lowest BCUT2D eigenvalue weighted by molar-refractivity contribution is 0.0694. The van der Waals surface area contributed by atoms with E-state index in [0.717, 1.165) is 19.3 Å². The molecule has 0 aliphatic carbocycles. The minimum absolute atomic E-state index is 0.208. The Hall–Kier alpha value is 1.23. The summed E-state index contributed by atoms with van der Waals surface area (Å²) >= 11 is 14.0. The standard InChI is InChI=1S/C10H24OS3Si/c1-4-7(12)10(11-15,8(13)5-2)9(14)6-3/h7-9,12-14H,4-6H2,1-3,15H3. The third-order valence-corrected chi connectivity index (χ3v) is 6.09. The third kappa shape index (κ3) is 3.34. The molecule has 0 aliphatic heterocycles. The quantitative estimate of drug-likeness (QED) is 0.480. The minimum atomic E-state index is -0.278. The molecule has 0 fully saturated rings. The summed E-state index contributed by atoms with van der Waals surface area (Å²) in [7, 11) is 0.707. The van der Waals surface area contributed by atoms with Crippen LogP contribution in [0.25, 0.3) is 0 Å². The van der Waals surface area contributed by atoms with Crippen molar-refractivity contribution in [1.82, 2.24) is 0 Å². The van der Waals surface area contributed by atoms with Gasteiger partial charge in [0, 0.05) is 15.7 Å². The fourth-order valence-electron chi connectivity index (χ4n) is 2.03. The maximum absolute atomic E-state index is 5.91. The molecule has 3 unspecified atom stereocenters. The summed E-state index contributed by atoms with van der Waals surface area (Å²) in [6.07, 6.45) is 2.96. The van der Waals surface area contributed by atoms with E-state index in [1.807, 2.05) is 0 Å². The molecule has 0 heterocycles. The van der Waals surface area contributed by atoms with Gasteiger partial charge in [0.1, 0.15) is 10.5 Å². The molecule has 0 saturated carbocycles. The average molecular weight is 285 g/mol. The normalized spacial score (nSPS) is 22.0. The van der Waals surface area contributed by atoms with Crippen molar-refractivity contribution in [2.45, 2.75) is 61.4 Å². The third-order valence-electron chi connectivity index (χ3n) is 3.08. The fourth-order valence-corrected chi connectivity index (χ4v) is 5.23. The van der Waals surface area contributed by atoms with Crippen molar-refractivity contribution in [3.8, 4) is 0 Å². The van der Waals surface area contributed by atoms with Crippen LogP contribution in [-0.4, -0.2) is 31.8 Å². The van der Waals surface area contributed by atoms with Crippen molar-refractivity contribution in [2.24, 2.45) is 0 Å². The van der Waals surface area contributed by atoms with E-state index in [9.17, 15) is 0 Å². The summed E-state index contributed by atoms with van der Waals surface area (Å²) in [6.45, 7) is 6.41. The monoisotopic (exact) mass is 284 g/mol. The molecule has 0 radical (unpaired) electrons. The Balaban J connectivity index is 5.09. The molecular weight excluding hydrogens is 260 g/mol. The molecule has 0 saturated heterocycles. The molecule has 15 heavy (non-hydrogen) atoms. The zero-order chi connectivity index (χ0) is 12.1. The van der Waals surface area contributed by atoms with Crippen LogP contribution in [0.2, 0.25) is 0 Å². The first-order valence-corrected chi connectivity index (χ1v) is 7.96. The van der Waals surface area contributed by atoms with Crippen molar-refractivity contribution in [3.05, 3.63) is 0 Å². The van der Waals surface area contributed by atoms with E-state index < -0.39 is 0 Å². The first-order chi connectivity index (χ1) is 7.00. The average Bonchev–Trinajstić information content (AvgIpc) is 2.29. The molecule has 0 rings (SSSR count). The van der Waals surface area contributed by atoms with Gasteiger partial charge < -0.3 is 4.43 Å². The highest BCUT2D eigenvalue weighted by molar-refractivity contribution is 7.83. The molecule has 0 N–H and O–H groups in total. The van der Waals surface area contributed by atoms with Crippen molar-refractivity contribution in [3.63, 3.8) is 0 Å². The first-order valence-electron chi connectivity index (χ1n) is 5.60. The van der Waals surface area contributed by atoms with Gasteiger partial charge in [-0.15, -0.1) is 0 Å². The van der Waals surface area contributed by atoms with Crippen LogP contribution in [0, 0.1) is 0 Å². The molecule has 0 aromatic rings. The SMILES string of the molecule is CCC(S)C(O[SiH3])(C(S)CC)C(S)CC. The van der Waals surface area contributed by atoms with E-state index in [4.69, 9.17) is 4.43 Å². The molecule has 5 heteroatoms. The molecule has 3 atom stereocenters. The van der Waals surface area contributed by atoms with Gasteiger partial charge in [0.05, 0.1) is 5.60 Å². The Morgan fingerprint density at radius 2 is 1.20 bits per heavy atom. The van der Waals surface area contributed by atoms with Gasteiger partial charge in [-0.25, -0.2) is 0 Å². The molecule has 0 aliphatic rings. The first kappa shape index (κ1) is 16.2. The highest BCUT2D eigenvalue weighted by atomic mass is 32.1. The lowest BCUT2D eigenvalue weighted by atomic mass is 9.86. The van der Waals surface area contributed by atoms with E-state index in [1.54, 1.807) is 0 Å². The van der Waals surface area contributed by atoms with Gasteiger partial charge in [-0.2, -0.15) is 37.9 Å². The predicted molar refractivity (Wildman–Crippen MR) is 83.0 cm³/mol. The summed E-state index contributed by atoms with van der Waals surface area (Å²) < 4.78 is 5.91. The lowest BCUT2D eigenvalue weighted by Crippen LogP contribution is -2.56. The van der Waals surface area contributed by atoms with Crippen LogP contribution >= 0.6 is 37.9 Å². The molecule has 0 aromatic carbocycles. The smallest absolute Gasteiger partial charge is 0.146 e. The Kier molecular flexibility index (Phi) is 8.15. The van der Waals surface area contributed by atoms with E-state index in [-0.39, 0.29) is 21.4 Å². The van der Waals surface area contributed by atoms with Crippen LogP contribution in [0.3, 0.4) is 0 Å². The Labute approximate surface area is 114 Å². The predicted octanol–water partition coefficient (Wildman–Crippen LogP) is 2.15. The summed E-state index contributed by atoms with van der Waals surface area (Å²) in [6, 6.07) is 0. The highest BCUT2D eigenvalue weighted by Crippen LogP contribution is 2.38. The highest BCUT2D eigenvalue weighted by Gasteiger charge is 2.45. The Morgan fingerprint density at radius 3 is 1.33 bits per heavy atom. The second-order valence-electron chi connectivity index (χ2n) is 3.83. The Morgan fingerprint density at radius 1 is 0.933 bits per heavy atom. The van der Waals surface area contributed by atoms with E-state index in [1.165, 1.54) is 0 Å². The van der Waals surface area contributed by atoms with Gasteiger partial charge in [-0.3, -0.25) is 0 Å². The lowest BCUT2D eigenvalue weighted by Gasteiger charge is -2.45. The molecular formula is C10H24OS3Si. The molecule has 1 nitrogen and oxygen atoms in total. The maximum Gasteiger partial charge on any atom is 0.146 e. The van der Waals surface area contributed by atoms with Gasteiger partial charge in [0.2, 0.25) is 0 Å². The van der Waals surface area contributed by atoms with E-state index in [0.29, 0.717) is 10.5 Å². The summed E-state index contributed by atoms with van der Waals surface area (Å²) in [4.78, 5) is 0. The van der Waals surface area contributed by atoms with Crippen LogP contribution in [0.1, 0.15) is 40.0 Å². The topological polar surface area (TPSA) is 9.23 Å². The minimum Gasteiger partial charge on any atom is -0.419 e. The number of thiol groups is 3. The second kappa shape index (κ2) is 7.53. The largest absolute Gasteiger partial charge is 0.419 e. The summed E-state index contributed by atoms with van der Waals surface area (Å²) in [5, 5.41) is 0.625. The maximum atomic E-state index is 5.91. The molecule has 92 valence electrons. The molecule has 0 spiro atoms. The van der Waals surface area contributed by atoms with Gasteiger partial charge in [0.15, 0.2) is 0 Å². The van der Waals surface area contributed by atoms with Crippen molar-refractivity contribution < 1.29 is 4.43 Å². The van der Waals surface area contributed by atoms with Crippen LogP contribution in [0.15, 0.2) is 0 Å². The zero-order valence-corrected chi connectivity index (χ0v) is 14.8. The molecule has 0 bridgehead atoms. The van der Waals surface area contributed by atoms with E-state index >= 15 is 0 Å². The van der Waals surface area contributed by atoms with Crippen LogP contribution < -0.4 is 0 Å². The van der Waals surface area contributed by atoms with Gasteiger partial charge in [-0.05, 0) is 19.3 Å². The van der Waals surface area contributed by atoms with Gasteiger partial charge in [0.25, 0.3) is 0 Å². The van der Waals surface area contributed by atoms with Crippen molar-refractivity contribution >= 4 is 48.4 Å². The van der Waals surface area contributed by atoms with Gasteiger partial charge >= 0.3 is 0 Å². The van der Waals surface area contributed by atoms with Crippen LogP contribution in [0.4, 0.5) is 0 Å². The summed E-state index contributed by atoms with van der Waals surface area (Å²) in [5.74, 6) is 0. The van der Waals surface area contributed by atoms with Crippen LogP contribution in [-0.2, 0) is 4.43 Å². The molecule has 0 amide bonds. The Bertz CT molecular complexity index is 154. The number of rotatable bonds is 7. The van der Waals surface area contributed by atoms with Crippen LogP contribution in [0.5, 0.6) is 0 Å². The zero-order valence-electron chi connectivity index (χ0n) is 10.1. The summed E-state index contributed by atoms with van der Waals surface area (Å²) in [5.41, 5.74) is -0.278.